The standard InChI is InChI=1S/C13H26N2O2/c1-2-16-8-4-6-14-9-13-10-15-7-3-5-12(15)11-17-13/h12-14H,2-11H2,1H3. The number of fused-ring (bicyclic) bond motifs is 1. The van der Waals surface area contributed by atoms with Crippen molar-refractivity contribution in [2.75, 3.05) is 46.0 Å². The zero-order chi connectivity index (χ0) is 11.9. The van der Waals surface area contributed by atoms with Gasteiger partial charge in [-0.15, -0.1) is 0 Å². The Bertz CT molecular complexity index is 214. The zero-order valence-corrected chi connectivity index (χ0v) is 11.0. The second-order valence-electron chi connectivity index (χ2n) is 5.00. The van der Waals surface area contributed by atoms with Gasteiger partial charge in [0.2, 0.25) is 0 Å². The molecule has 0 saturated carbocycles. The fraction of sp³-hybridized carbons (Fsp3) is 1.00. The summed E-state index contributed by atoms with van der Waals surface area (Å²) in [5.41, 5.74) is 0. The van der Waals surface area contributed by atoms with Crippen molar-refractivity contribution in [2.45, 2.75) is 38.3 Å². The van der Waals surface area contributed by atoms with E-state index in [4.69, 9.17) is 9.47 Å². The highest BCUT2D eigenvalue weighted by molar-refractivity contribution is 4.85. The van der Waals surface area contributed by atoms with Crippen molar-refractivity contribution in [2.24, 2.45) is 0 Å². The third-order valence-electron chi connectivity index (χ3n) is 3.68. The second kappa shape index (κ2) is 7.31. The van der Waals surface area contributed by atoms with Gasteiger partial charge in [0, 0.05) is 32.3 Å². The largest absolute Gasteiger partial charge is 0.382 e. The summed E-state index contributed by atoms with van der Waals surface area (Å²) in [6.07, 6.45) is 4.15. The molecule has 4 nitrogen and oxygen atoms in total. The first-order valence-electron chi connectivity index (χ1n) is 7.04. The van der Waals surface area contributed by atoms with Crippen LogP contribution in [0.4, 0.5) is 0 Å². The molecule has 2 heterocycles. The first kappa shape index (κ1) is 13.3. The molecule has 100 valence electrons. The molecule has 4 heteroatoms. The number of ether oxygens (including phenoxy) is 2. The molecule has 0 aromatic carbocycles. The topological polar surface area (TPSA) is 33.7 Å². The molecule has 17 heavy (non-hydrogen) atoms. The van der Waals surface area contributed by atoms with Crippen molar-refractivity contribution in [3.63, 3.8) is 0 Å². The number of morpholine rings is 1. The highest BCUT2D eigenvalue weighted by Gasteiger charge is 2.31. The summed E-state index contributed by atoms with van der Waals surface area (Å²) < 4.78 is 11.2. The van der Waals surface area contributed by atoms with Gasteiger partial charge in [-0.3, -0.25) is 4.90 Å². The predicted octanol–water partition coefficient (Wildman–Crippen LogP) is 0.866. The Hall–Kier alpha value is -0.160. The molecule has 1 N–H and O–H groups in total. The average Bonchev–Trinajstić information content (AvgIpc) is 2.81. The van der Waals surface area contributed by atoms with Crippen LogP contribution in [0.25, 0.3) is 0 Å². The summed E-state index contributed by atoms with van der Waals surface area (Å²) in [6.45, 7) is 9.06. The van der Waals surface area contributed by atoms with E-state index in [1.807, 2.05) is 6.92 Å². The fourth-order valence-corrected chi connectivity index (χ4v) is 2.72. The Labute approximate surface area is 105 Å². The van der Waals surface area contributed by atoms with Crippen LogP contribution in [0.1, 0.15) is 26.2 Å². The van der Waals surface area contributed by atoms with E-state index < -0.39 is 0 Å². The summed E-state index contributed by atoms with van der Waals surface area (Å²) >= 11 is 0. The van der Waals surface area contributed by atoms with E-state index in [9.17, 15) is 0 Å². The molecule has 2 aliphatic rings. The van der Waals surface area contributed by atoms with E-state index in [0.29, 0.717) is 12.1 Å². The van der Waals surface area contributed by atoms with Crippen LogP contribution in [0, 0.1) is 0 Å². The average molecular weight is 242 g/mol. The van der Waals surface area contributed by atoms with Crippen molar-refractivity contribution in [3.8, 4) is 0 Å². The maximum Gasteiger partial charge on any atom is 0.0826 e. The van der Waals surface area contributed by atoms with Crippen LogP contribution in [0.2, 0.25) is 0 Å². The normalized spacial score (nSPS) is 29.5. The molecule has 2 saturated heterocycles. The number of hydrogen-bond acceptors (Lipinski definition) is 4. The number of rotatable bonds is 7. The lowest BCUT2D eigenvalue weighted by Crippen LogP contribution is -2.49. The molecule has 2 aliphatic heterocycles. The maximum absolute atomic E-state index is 5.88. The van der Waals surface area contributed by atoms with E-state index in [-0.39, 0.29) is 0 Å². The third kappa shape index (κ3) is 4.21. The molecule has 2 unspecified atom stereocenters. The van der Waals surface area contributed by atoms with Crippen molar-refractivity contribution >= 4 is 0 Å². The van der Waals surface area contributed by atoms with Crippen molar-refractivity contribution in [1.82, 2.24) is 10.2 Å². The molecule has 2 fully saturated rings. The van der Waals surface area contributed by atoms with Crippen LogP contribution < -0.4 is 5.32 Å². The molecule has 0 amide bonds. The highest BCUT2D eigenvalue weighted by atomic mass is 16.5. The summed E-state index contributed by atoms with van der Waals surface area (Å²) in [6, 6.07) is 0.712. The van der Waals surface area contributed by atoms with Gasteiger partial charge >= 0.3 is 0 Å². The molecule has 0 spiro atoms. The molecular formula is C13H26N2O2. The first-order valence-corrected chi connectivity index (χ1v) is 7.04. The zero-order valence-electron chi connectivity index (χ0n) is 11.0. The Balaban J connectivity index is 1.51. The minimum Gasteiger partial charge on any atom is -0.382 e. The van der Waals surface area contributed by atoms with Gasteiger partial charge in [0.25, 0.3) is 0 Å². The van der Waals surface area contributed by atoms with Crippen LogP contribution in [-0.4, -0.2) is 63.0 Å². The summed E-state index contributed by atoms with van der Waals surface area (Å²) in [5.74, 6) is 0. The van der Waals surface area contributed by atoms with E-state index >= 15 is 0 Å². The quantitative estimate of drug-likeness (QED) is 0.672. The molecule has 2 atom stereocenters. The van der Waals surface area contributed by atoms with Gasteiger partial charge in [-0.2, -0.15) is 0 Å². The number of nitrogens with zero attached hydrogens (tertiary/aromatic N) is 1. The summed E-state index contributed by atoms with van der Waals surface area (Å²) in [5, 5.41) is 3.46. The SMILES string of the molecule is CCOCCCNCC1CN2CCCC2CO1. The van der Waals surface area contributed by atoms with Crippen molar-refractivity contribution < 1.29 is 9.47 Å². The van der Waals surface area contributed by atoms with Gasteiger partial charge in [0.1, 0.15) is 0 Å². The van der Waals surface area contributed by atoms with E-state index in [1.54, 1.807) is 0 Å². The van der Waals surface area contributed by atoms with Gasteiger partial charge in [-0.05, 0) is 39.3 Å². The molecule has 0 aromatic heterocycles. The van der Waals surface area contributed by atoms with Crippen LogP contribution in [-0.2, 0) is 9.47 Å². The number of hydrogen-bond donors (Lipinski definition) is 1. The minimum atomic E-state index is 0.386. The van der Waals surface area contributed by atoms with E-state index in [0.717, 1.165) is 45.9 Å². The Morgan fingerprint density at radius 3 is 3.29 bits per heavy atom. The number of nitrogens with one attached hydrogen (secondary N) is 1. The van der Waals surface area contributed by atoms with Gasteiger partial charge in [-0.1, -0.05) is 0 Å². The van der Waals surface area contributed by atoms with E-state index in [1.165, 1.54) is 19.4 Å². The lowest BCUT2D eigenvalue weighted by Gasteiger charge is -2.35. The van der Waals surface area contributed by atoms with Crippen LogP contribution in [0.3, 0.4) is 0 Å². The van der Waals surface area contributed by atoms with Gasteiger partial charge < -0.3 is 14.8 Å². The first-order chi connectivity index (χ1) is 8.40. The second-order valence-corrected chi connectivity index (χ2v) is 5.00. The van der Waals surface area contributed by atoms with Crippen LogP contribution in [0.5, 0.6) is 0 Å². The molecule has 0 aliphatic carbocycles. The monoisotopic (exact) mass is 242 g/mol. The highest BCUT2D eigenvalue weighted by Crippen LogP contribution is 2.22. The van der Waals surface area contributed by atoms with Crippen LogP contribution >= 0.6 is 0 Å². The van der Waals surface area contributed by atoms with Gasteiger partial charge in [-0.25, -0.2) is 0 Å². The fourth-order valence-electron chi connectivity index (χ4n) is 2.72. The van der Waals surface area contributed by atoms with Crippen LogP contribution in [0.15, 0.2) is 0 Å². The Morgan fingerprint density at radius 1 is 1.47 bits per heavy atom. The molecule has 0 bridgehead atoms. The van der Waals surface area contributed by atoms with Gasteiger partial charge in [0.05, 0.1) is 12.7 Å². The lowest BCUT2D eigenvalue weighted by molar-refractivity contribution is -0.0469. The molecule has 0 radical (unpaired) electrons. The Kier molecular flexibility index (Phi) is 5.71. The van der Waals surface area contributed by atoms with Gasteiger partial charge in [0.15, 0.2) is 0 Å². The summed E-state index contributed by atoms with van der Waals surface area (Å²) in [4.78, 5) is 2.59. The van der Waals surface area contributed by atoms with E-state index in [2.05, 4.69) is 10.2 Å². The minimum absolute atomic E-state index is 0.386. The van der Waals surface area contributed by atoms with Crippen molar-refractivity contribution in [3.05, 3.63) is 0 Å². The summed E-state index contributed by atoms with van der Waals surface area (Å²) in [7, 11) is 0. The lowest BCUT2D eigenvalue weighted by atomic mass is 10.2. The molecule has 0 aromatic rings. The van der Waals surface area contributed by atoms with Crippen molar-refractivity contribution in [1.29, 1.82) is 0 Å². The Morgan fingerprint density at radius 2 is 2.41 bits per heavy atom. The predicted molar refractivity (Wildman–Crippen MR) is 68.3 cm³/mol. The smallest absolute Gasteiger partial charge is 0.0826 e. The maximum atomic E-state index is 5.88. The third-order valence-corrected chi connectivity index (χ3v) is 3.68. The molecular weight excluding hydrogens is 216 g/mol. The molecule has 2 rings (SSSR count).